The Morgan fingerprint density at radius 2 is 2.28 bits per heavy atom. The van der Waals surface area contributed by atoms with E-state index in [2.05, 4.69) is 36.2 Å². The molecule has 5 atom stereocenters. The minimum Gasteiger partial charge on any atom is -0.394 e. The molecular formula is C17H18BrN5O4S2. The third-order valence-electron chi connectivity index (χ3n) is 4.50. The molecule has 1 aliphatic heterocycles. The lowest BCUT2D eigenvalue weighted by molar-refractivity contribution is -0.186. The molecule has 12 heteroatoms. The molecule has 3 aromatic heterocycles. The maximum Gasteiger partial charge on any atom is 0.145 e. The zero-order chi connectivity index (χ0) is 20.4. The Hall–Kier alpha value is -1.41. The van der Waals surface area contributed by atoms with Gasteiger partial charge in [0.15, 0.2) is 0 Å². The zero-order valence-corrected chi connectivity index (χ0v) is 18.4. The zero-order valence-electron chi connectivity index (χ0n) is 15.2. The molecule has 0 aromatic carbocycles. The van der Waals surface area contributed by atoms with Gasteiger partial charge in [-0.15, -0.1) is 16.4 Å². The van der Waals surface area contributed by atoms with Gasteiger partial charge in [0, 0.05) is 40.4 Å². The Bertz CT molecular complexity index is 944. The molecule has 0 radical (unpaired) electrons. The van der Waals surface area contributed by atoms with Crippen LogP contribution in [0.2, 0.25) is 0 Å². The van der Waals surface area contributed by atoms with E-state index in [1.165, 1.54) is 23.1 Å². The highest BCUT2D eigenvalue weighted by Crippen LogP contribution is 2.39. The van der Waals surface area contributed by atoms with Gasteiger partial charge in [0.25, 0.3) is 0 Å². The van der Waals surface area contributed by atoms with E-state index in [1.54, 1.807) is 36.6 Å². The minimum absolute atomic E-state index is 0.337. The number of aliphatic hydroxyl groups excluding tert-OH is 2. The lowest BCUT2D eigenvalue weighted by Gasteiger charge is -2.43. The summed E-state index contributed by atoms with van der Waals surface area (Å²) in [7, 11) is 1.55. The molecule has 4 rings (SSSR count). The predicted octanol–water partition coefficient (Wildman–Crippen LogP) is 1.99. The van der Waals surface area contributed by atoms with Crippen LogP contribution in [0, 0.1) is 0 Å². The second-order valence-electron chi connectivity index (χ2n) is 6.28. The summed E-state index contributed by atoms with van der Waals surface area (Å²) in [6.07, 6.45) is 4.45. The first-order valence-corrected chi connectivity index (χ1v) is 11.2. The number of nitrogens with zero attached hydrogens (tertiary/aromatic N) is 5. The third-order valence-corrected chi connectivity index (χ3v) is 6.83. The van der Waals surface area contributed by atoms with Crippen molar-refractivity contribution >= 4 is 39.0 Å². The molecule has 2 N–H and O–H groups in total. The summed E-state index contributed by atoms with van der Waals surface area (Å²) in [4.78, 5) is 9.27. The summed E-state index contributed by atoms with van der Waals surface area (Å²) < 4.78 is 14.1. The number of aliphatic hydroxyl groups is 2. The maximum absolute atomic E-state index is 10.9. The second kappa shape index (κ2) is 9.16. The topological polar surface area (TPSA) is 115 Å². The number of rotatable bonds is 6. The van der Waals surface area contributed by atoms with E-state index in [9.17, 15) is 10.2 Å². The van der Waals surface area contributed by atoms with Crippen LogP contribution < -0.4 is 0 Å². The van der Waals surface area contributed by atoms with E-state index < -0.39 is 29.8 Å². The summed E-state index contributed by atoms with van der Waals surface area (Å²) in [6, 6.07) is 1.31. The average Bonchev–Trinajstić information content (AvgIpc) is 3.40. The van der Waals surface area contributed by atoms with E-state index in [-0.39, 0.29) is 6.61 Å². The summed E-state index contributed by atoms with van der Waals surface area (Å²) >= 11 is 6.26. The quantitative estimate of drug-likeness (QED) is 0.524. The van der Waals surface area contributed by atoms with Gasteiger partial charge in [-0.3, -0.25) is 4.98 Å². The fraction of sp³-hybridized carbons (Fsp3) is 0.412. The summed E-state index contributed by atoms with van der Waals surface area (Å²) in [5.74, 6) is 0. The van der Waals surface area contributed by atoms with Crippen LogP contribution in [0.25, 0.3) is 10.7 Å². The number of thioether (sulfide) groups is 1. The van der Waals surface area contributed by atoms with Crippen molar-refractivity contribution in [3.05, 3.63) is 40.7 Å². The first kappa shape index (κ1) is 20.8. The standard InChI is InChI=1S/C17H18BrN5O4S2/c1-26-15-13(23-7-11(21-22-23)16-20-2-3-28-16)14(25)12(8-24)27-17(15)29-10-4-9(18)5-19-6-10/h2-7,12-15,17,24-25H,8H2,1H3. The Morgan fingerprint density at radius 3 is 2.97 bits per heavy atom. The summed E-state index contributed by atoms with van der Waals surface area (Å²) in [5.41, 5.74) is 0.101. The SMILES string of the molecule is COC1C(Sc2cncc(Br)c2)OC(CO)C(O)C1n1cc(-c2nccs2)nn1. The van der Waals surface area contributed by atoms with Gasteiger partial charge in [-0.25, -0.2) is 9.67 Å². The molecule has 4 heterocycles. The van der Waals surface area contributed by atoms with Crippen LogP contribution in [-0.2, 0) is 9.47 Å². The number of methoxy groups -OCH3 is 1. The van der Waals surface area contributed by atoms with Crippen LogP contribution in [0.15, 0.2) is 45.6 Å². The molecule has 154 valence electrons. The van der Waals surface area contributed by atoms with Gasteiger partial charge >= 0.3 is 0 Å². The molecule has 0 bridgehead atoms. The number of hydrogen-bond acceptors (Lipinski definition) is 10. The molecule has 1 saturated heterocycles. The van der Waals surface area contributed by atoms with Crippen molar-refractivity contribution in [1.29, 1.82) is 0 Å². The van der Waals surface area contributed by atoms with E-state index in [4.69, 9.17) is 9.47 Å². The molecule has 1 aliphatic rings. The highest BCUT2D eigenvalue weighted by atomic mass is 79.9. The van der Waals surface area contributed by atoms with Crippen molar-refractivity contribution in [2.45, 2.75) is 34.7 Å². The first-order chi connectivity index (χ1) is 14.1. The van der Waals surface area contributed by atoms with Gasteiger partial charge in [0.05, 0.1) is 12.8 Å². The molecule has 3 aromatic rings. The molecule has 0 spiro atoms. The van der Waals surface area contributed by atoms with Gasteiger partial charge in [-0.2, -0.15) is 0 Å². The van der Waals surface area contributed by atoms with Crippen LogP contribution in [0.4, 0.5) is 0 Å². The summed E-state index contributed by atoms with van der Waals surface area (Å²) in [6.45, 7) is -0.337. The Kier molecular flexibility index (Phi) is 6.59. The second-order valence-corrected chi connectivity index (χ2v) is 9.27. The highest BCUT2D eigenvalue weighted by molar-refractivity contribution is 9.10. The van der Waals surface area contributed by atoms with Gasteiger partial charge in [0.2, 0.25) is 0 Å². The highest BCUT2D eigenvalue weighted by Gasteiger charge is 2.47. The molecule has 9 nitrogen and oxygen atoms in total. The largest absolute Gasteiger partial charge is 0.394 e. The van der Waals surface area contributed by atoms with Crippen LogP contribution in [0.1, 0.15) is 6.04 Å². The number of hydrogen-bond donors (Lipinski definition) is 2. The van der Waals surface area contributed by atoms with E-state index in [1.807, 2.05) is 11.4 Å². The van der Waals surface area contributed by atoms with E-state index in [0.29, 0.717) is 5.69 Å². The smallest absolute Gasteiger partial charge is 0.145 e. The van der Waals surface area contributed by atoms with E-state index >= 15 is 0 Å². The molecule has 0 saturated carbocycles. The lowest BCUT2D eigenvalue weighted by Crippen LogP contribution is -2.55. The van der Waals surface area contributed by atoms with Gasteiger partial charge in [0.1, 0.15) is 40.5 Å². The number of halogens is 1. The third kappa shape index (κ3) is 4.38. The van der Waals surface area contributed by atoms with Crippen molar-refractivity contribution < 1.29 is 19.7 Å². The van der Waals surface area contributed by atoms with E-state index in [0.717, 1.165) is 14.4 Å². The Morgan fingerprint density at radius 1 is 1.41 bits per heavy atom. The number of ether oxygens (including phenoxy) is 2. The summed E-state index contributed by atoms with van der Waals surface area (Å²) in [5, 5.41) is 31.6. The lowest BCUT2D eigenvalue weighted by atomic mass is 9.97. The molecule has 0 amide bonds. The number of pyridine rings is 1. The number of thiazole rings is 1. The van der Waals surface area contributed by atoms with Crippen molar-refractivity contribution in [2.24, 2.45) is 0 Å². The van der Waals surface area contributed by atoms with Gasteiger partial charge in [-0.1, -0.05) is 17.0 Å². The van der Waals surface area contributed by atoms with Crippen LogP contribution >= 0.6 is 39.0 Å². The normalized spacial score (nSPS) is 27.2. The maximum atomic E-state index is 10.9. The fourth-order valence-corrected chi connectivity index (χ4v) is 5.46. The van der Waals surface area contributed by atoms with Gasteiger partial charge < -0.3 is 19.7 Å². The minimum atomic E-state index is -1.03. The van der Waals surface area contributed by atoms with Crippen molar-refractivity contribution in [3.63, 3.8) is 0 Å². The average molecular weight is 500 g/mol. The van der Waals surface area contributed by atoms with Crippen LogP contribution in [-0.4, -0.2) is 72.6 Å². The van der Waals surface area contributed by atoms with Crippen molar-refractivity contribution in [1.82, 2.24) is 25.0 Å². The predicted molar refractivity (Wildman–Crippen MR) is 111 cm³/mol. The molecule has 0 aliphatic carbocycles. The fourth-order valence-electron chi connectivity index (χ4n) is 3.17. The molecular weight excluding hydrogens is 482 g/mol. The monoisotopic (exact) mass is 499 g/mol. The molecule has 1 fully saturated rings. The number of aromatic nitrogens is 5. The van der Waals surface area contributed by atoms with Gasteiger partial charge in [-0.05, 0) is 22.0 Å². The molecule has 29 heavy (non-hydrogen) atoms. The Labute approximate surface area is 183 Å². The first-order valence-electron chi connectivity index (χ1n) is 8.66. The van der Waals surface area contributed by atoms with Crippen LogP contribution in [0.5, 0.6) is 0 Å². The van der Waals surface area contributed by atoms with Crippen LogP contribution in [0.3, 0.4) is 0 Å². The van der Waals surface area contributed by atoms with Crippen molar-refractivity contribution in [2.75, 3.05) is 13.7 Å². The van der Waals surface area contributed by atoms with Crippen molar-refractivity contribution in [3.8, 4) is 10.7 Å². The molecule has 5 unspecified atom stereocenters. The Balaban J connectivity index is 1.65.